The number of furan rings is 1. The van der Waals surface area contributed by atoms with E-state index in [0.29, 0.717) is 11.8 Å². The Bertz CT molecular complexity index is 515. The van der Waals surface area contributed by atoms with E-state index in [1.807, 2.05) is 18.2 Å². The largest absolute Gasteiger partial charge is 0.461 e. The molecule has 1 aliphatic rings. The van der Waals surface area contributed by atoms with Crippen LogP contribution in [0.2, 0.25) is 0 Å². The molecule has 0 bridgehead atoms. The van der Waals surface area contributed by atoms with Gasteiger partial charge < -0.3 is 14.3 Å². The lowest BCUT2D eigenvalue weighted by Gasteiger charge is -2.33. The second-order valence-electron chi connectivity index (χ2n) is 5.22. The monoisotopic (exact) mass is 275 g/mol. The molecular weight excluding hydrogens is 254 g/mol. The highest BCUT2D eigenvalue weighted by atomic mass is 16.5. The SMILES string of the molecule is CCN(Cc1cc(-c2ccco2)on1)C1CCCNC1. The molecule has 0 aromatic carbocycles. The number of nitrogens with one attached hydrogen (secondary N) is 1. The van der Waals surface area contributed by atoms with E-state index < -0.39 is 0 Å². The van der Waals surface area contributed by atoms with Gasteiger partial charge in [0.05, 0.1) is 12.0 Å². The van der Waals surface area contributed by atoms with Gasteiger partial charge in [-0.05, 0) is 38.1 Å². The fraction of sp³-hybridized carbons (Fsp3) is 0.533. The van der Waals surface area contributed by atoms with Gasteiger partial charge in [0, 0.05) is 25.2 Å². The molecule has 1 saturated heterocycles. The lowest BCUT2D eigenvalue weighted by molar-refractivity contribution is 0.162. The Labute approximate surface area is 118 Å². The molecule has 3 rings (SSSR count). The fourth-order valence-electron chi connectivity index (χ4n) is 2.77. The van der Waals surface area contributed by atoms with Gasteiger partial charge in [0.2, 0.25) is 5.76 Å². The summed E-state index contributed by atoms with van der Waals surface area (Å²) in [4.78, 5) is 2.45. The third-order valence-corrected chi connectivity index (χ3v) is 3.88. The molecule has 0 radical (unpaired) electrons. The van der Waals surface area contributed by atoms with Crippen molar-refractivity contribution < 1.29 is 8.94 Å². The Kier molecular flexibility index (Phi) is 4.18. The van der Waals surface area contributed by atoms with Crippen molar-refractivity contribution in [2.24, 2.45) is 0 Å². The number of likely N-dealkylation sites (N-methyl/N-ethyl adjacent to an activating group) is 1. The van der Waals surface area contributed by atoms with Crippen LogP contribution in [0.25, 0.3) is 11.5 Å². The van der Waals surface area contributed by atoms with Crippen molar-refractivity contribution in [3.05, 3.63) is 30.2 Å². The van der Waals surface area contributed by atoms with Crippen molar-refractivity contribution in [3.63, 3.8) is 0 Å². The molecule has 2 aromatic heterocycles. The van der Waals surface area contributed by atoms with Gasteiger partial charge in [0.25, 0.3) is 0 Å². The van der Waals surface area contributed by atoms with Gasteiger partial charge in [0.1, 0.15) is 0 Å². The summed E-state index contributed by atoms with van der Waals surface area (Å²) in [5, 5.41) is 7.62. The van der Waals surface area contributed by atoms with E-state index in [1.165, 1.54) is 12.8 Å². The summed E-state index contributed by atoms with van der Waals surface area (Å²) in [6.07, 6.45) is 4.14. The second kappa shape index (κ2) is 6.24. The maximum atomic E-state index is 5.36. The molecule has 108 valence electrons. The Morgan fingerprint density at radius 2 is 2.40 bits per heavy atom. The topological polar surface area (TPSA) is 54.4 Å². The van der Waals surface area contributed by atoms with E-state index >= 15 is 0 Å². The first kappa shape index (κ1) is 13.4. The van der Waals surface area contributed by atoms with Crippen molar-refractivity contribution in [1.82, 2.24) is 15.4 Å². The summed E-state index contributed by atoms with van der Waals surface area (Å²) in [5.74, 6) is 1.42. The Balaban J connectivity index is 1.66. The van der Waals surface area contributed by atoms with Gasteiger partial charge in [-0.3, -0.25) is 4.90 Å². The minimum atomic E-state index is 0.595. The lowest BCUT2D eigenvalue weighted by atomic mass is 10.1. The lowest BCUT2D eigenvalue weighted by Crippen LogP contribution is -2.45. The average molecular weight is 275 g/mol. The molecule has 0 amide bonds. The van der Waals surface area contributed by atoms with Crippen LogP contribution in [-0.2, 0) is 6.54 Å². The molecule has 2 aromatic rings. The number of hydrogen-bond acceptors (Lipinski definition) is 5. The Morgan fingerprint density at radius 1 is 1.45 bits per heavy atom. The molecule has 0 saturated carbocycles. The third kappa shape index (κ3) is 2.94. The molecule has 1 N–H and O–H groups in total. The number of rotatable bonds is 5. The number of nitrogens with zero attached hydrogens (tertiary/aromatic N) is 2. The maximum absolute atomic E-state index is 5.36. The van der Waals surface area contributed by atoms with Crippen LogP contribution < -0.4 is 5.32 Å². The van der Waals surface area contributed by atoms with E-state index in [9.17, 15) is 0 Å². The molecule has 5 heteroatoms. The summed E-state index contributed by atoms with van der Waals surface area (Å²) in [7, 11) is 0. The molecule has 1 fully saturated rings. The zero-order valence-electron chi connectivity index (χ0n) is 11.8. The van der Waals surface area contributed by atoms with Crippen molar-refractivity contribution in [2.45, 2.75) is 32.4 Å². The van der Waals surface area contributed by atoms with Crippen LogP contribution in [0.5, 0.6) is 0 Å². The molecule has 3 heterocycles. The zero-order valence-corrected chi connectivity index (χ0v) is 11.8. The van der Waals surface area contributed by atoms with Crippen molar-refractivity contribution >= 4 is 0 Å². The highest BCUT2D eigenvalue weighted by Crippen LogP contribution is 2.22. The predicted molar refractivity (Wildman–Crippen MR) is 76.2 cm³/mol. The first-order chi connectivity index (χ1) is 9.86. The minimum absolute atomic E-state index is 0.595. The van der Waals surface area contributed by atoms with E-state index in [4.69, 9.17) is 8.94 Å². The van der Waals surface area contributed by atoms with Crippen LogP contribution in [-0.4, -0.2) is 35.7 Å². The summed E-state index contributed by atoms with van der Waals surface area (Å²) < 4.78 is 10.7. The van der Waals surface area contributed by atoms with Crippen molar-refractivity contribution in [1.29, 1.82) is 0 Å². The number of piperidine rings is 1. The average Bonchev–Trinajstić information content (AvgIpc) is 3.16. The minimum Gasteiger partial charge on any atom is -0.461 e. The van der Waals surface area contributed by atoms with Crippen LogP contribution in [0.1, 0.15) is 25.5 Å². The normalized spacial score (nSPS) is 19.6. The molecule has 0 aliphatic carbocycles. The highest BCUT2D eigenvalue weighted by molar-refractivity contribution is 5.49. The van der Waals surface area contributed by atoms with E-state index in [1.54, 1.807) is 6.26 Å². The van der Waals surface area contributed by atoms with Gasteiger partial charge in [-0.15, -0.1) is 0 Å². The molecular formula is C15H21N3O2. The Morgan fingerprint density at radius 3 is 3.10 bits per heavy atom. The molecule has 1 atom stereocenters. The standard InChI is InChI=1S/C15H21N3O2/c1-2-18(13-5-3-7-16-10-13)11-12-9-15(20-17-12)14-6-4-8-19-14/h4,6,8-9,13,16H,2-3,5,7,10-11H2,1H3. The third-order valence-electron chi connectivity index (χ3n) is 3.88. The molecule has 20 heavy (non-hydrogen) atoms. The van der Waals surface area contributed by atoms with Crippen LogP contribution in [0, 0.1) is 0 Å². The van der Waals surface area contributed by atoms with Gasteiger partial charge in [-0.1, -0.05) is 12.1 Å². The molecule has 0 spiro atoms. The van der Waals surface area contributed by atoms with Crippen LogP contribution >= 0.6 is 0 Å². The second-order valence-corrected chi connectivity index (χ2v) is 5.22. The first-order valence-electron chi connectivity index (χ1n) is 7.31. The molecule has 1 aliphatic heterocycles. The zero-order chi connectivity index (χ0) is 13.8. The number of aromatic nitrogens is 1. The van der Waals surface area contributed by atoms with Crippen molar-refractivity contribution in [2.75, 3.05) is 19.6 Å². The molecule has 1 unspecified atom stereocenters. The van der Waals surface area contributed by atoms with E-state index in [0.717, 1.165) is 37.6 Å². The summed E-state index contributed by atoms with van der Waals surface area (Å²) >= 11 is 0. The summed E-state index contributed by atoms with van der Waals surface area (Å²) in [6.45, 7) is 6.25. The maximum Gasteiger partial charge on any atom is 0.202 e. The summed E-state index contributed by atoms with van der Waals surface area (Å²) in [6, 6.07) is 6.30. The van der Waals surface area contributed by atoms with Crippen LogP contribution in [0.3, 0.4) is 0 Å². The van der Waals surface area contributed by atoms with Gasteiger partial charge in [-0.2, -0.15) is 0 Å². The van der Waals surface area contributed by atoms with Crippen LogP contribution in [0.15, 0.2) is 33.4 Å². The Hall–Kier alpha value is -1.59. The van der Waals surface area contributed by atoms with Gasteiger partial charge in [0.15, 0.2) is 5.76 Å². The van der Waals surface area contributed by atoms with E-state index in [2.05, 4.69) is 22.3 Å². The van der Waals surface area contributed by atoms with Crippen LogP contribution in [0.4, 0.5) is 0 Å². The highest BCUT2D eigenvalue weighted by Gasteiger charge is 2.21. The summed E-state index contributed by atoms with van der Waals surface area (Å²) in [5.41, 5.74) is 0.962. The van der Waals surface area contributed by atoms with Gasteiger partial charge >= 0.3 is 0 Å². The predicted octanol–water partition coefficient (Wildman–Crippen LogP) is 2.51. The smallest absolute Gasteiger partial charge is 0.202 e. The molecule has 5 nitrogen and oxygen atoms in total. The fourth-order valence-corrected chi connectivity index (χ4v) is 2.77. The van der Waals surface area contributed by atoms with Crippen molar-refractivity contribution in [3.8, 4) is 11.5 Å². The quantitative estimate of drug-likeness (QED) is 0.908. The van der Waals surface area contributed by atoms with Gasteiger partial charge in [-0.25, -0.2) is 0 Å². The number of hydrogen-bond donors (Lipinski definition) is 1. The first-order valence-corrected chi connectivity index (χ1v) is 7.31. The van der Waals surface area contributed by atoms with E-state index in [-0.39, 0.29) is 0 Å².